The quantitative estimate of drug-likeness (QED) is 0.476. The van der Waals surface area contributed by atoms with E-state index >= 15 is 0 Å². The van der Waals surface area contributed by atoms with Gasteiger partial charge in [-0.1, -0.05) is 0 Å². The SMILES string of the molecule is CC(=O)NC1(F)NONC1(F)F. The van der Waals surface area contributed by atoms with Gasteiger partial charge in [-0.25, -0.2) is 4.94 Å². The zero-order chi connectivity index (χ0) is 9.41. The fraction of sp³-hybridized carbons (Fsp3) is 0.750. The Balaban J connectivity index is 2.75. The van der Waals surface area contributed by atoms with Crippen LogP contribution in [0.1, 0.15) is 6.92 Å². The number of carbonyl (C=O) groups is 1. The second kappa shape index (κ2) is 2.57. The second-order valence-corrected chi connectivity index (χ2v) is 2.22. The third-order valence-electron chi connectivity index (χ3n) is 1.15. The highest BCUT2D eigenvalue weighted by molar-refractivity contribution is 5.73. The van der Waals surface area contributed by atoms with Crippen LogP contribution in [0.15, 0.2) is 0 Å². The normalized spacial score (nSPS) is 33.3. The van der Waals surface area contributed by atoms with Gasteiger partial charge in [0.15, 0.2) is 0 Å². The lowest BCUT2D eigenvalue weighted by atomic mass is 10.4. The Hall–Kier alpha value is -0.860. The van der Waals surface area contributed by atoms with Crippen molar-refractivity contribution in [3.05, 3.63) is 0 Å². The Morgan fingerprint density at radius 3 is 2.33 bits per heavy atom. The van der Waals surface area contributed by atoms with E-state index in [0.717, 1.165) is 12.4 Å². The smallest absolute Gasteiger partial charge is 0.304 e. The summed E-state index contributed by atoms with van der Waals surface area (Å²) in [5, 5.41) is 1.35. The van der Waals surface area contributed by atoms with E-state index in [9.17, 15) is 18.0 Å². The van der Waals surface area contributed by atoms with Crippen LogP contribution in [0.3, 0.4) is 0 Å². The van der Waals surface area contributed by atoms with Crippen molar-refractivity contribution in [1.82, 2.24) is 16.3 Å². The third-order valence-corrected chi connectivity index (χ3v) is 1.15. The molecule has 1 saturated heterocycles. The van der Waals surface area contributed by atoms with Crippen LogP contribution >= 0.6 is 0 Å². The highest BCUT2D eigenvalue weighted by Crippen LogP contribution is 2.28. The first-order chi connectivity index (χ1) is 5.37. The predicted octanol–water partition coefficient (Wildman–Crippen LogP) is -0.622. The van der Waals surface area contributed by atoms with Crippen LogP contribution in [0, 0.1) is 0 Å². The lowest BCUT2D eigenvalue weighted by Crippen LogP contribution is -2.62. The van der Waals surface area contributed by atoms with Crippen molar-refractivity contribution < 1.29 is 22.9 Å². The largest absolute Gasteiger partial charge is 0.393 e. The number of hydrogen-bond acceptors (Lipinski definition) is 4. The summed E-state index contributed by atoms with van der Waals surface area (Å²) in [4.78, 5) is 14.0. The van der Waals surface area contributed by atoms with Crippen LogP contribution in [-0.4, -0.2) is 17.9 Å². The van der Waals surface area contributed by atoms with Crippen molar-refractivity contribution in [3.63, 3.8) is 0 Å². The van der Waals surface area contributed by atoms with Crippen molar-refractivity contribution in [1.29, 1.82) is 0 Å². The third kappa shape index (κ3) is 1.36. The molecule has 0 bridgehead atoms. The minimum atomic E-state index is -4.00. The molecule has 1 heterocycles. The number of hydroxylamine groups is 2. The van der Waals surface area contributed by atoms with Gasteiger partial charge in [-0.3, -0.25) is 4.79 Å². The van der Waals surface area contributed by atoms with Crippen molar-refractivity contribution >= 4 is 5.91 Å². The van der Waals surface area contributed by atoms with Gasteiger partial charge in [-0.05, 0) is 0 Å². The molecule has 1 aliphatic rings. The molecule has 1 aliphatic heterocycles. The molecule has 1 fully saturated rings. The molecule has 0 saturated carbocycles. The summed E-state index contributed by atoms with van der Waals surface area (Å²) >= 11 is 0. The number of nitrogens with one attached hydrogen (secondary N) is 3. The van der Waals surface area contributed by atoms with Gasteiger partial charge in [0.2, 0.25) is 5.91 Å². The molecule has 12 heavy (non-hydrogen) atoms. The fourth-order valence-electron chi connectivity index (χ4n) is 0.641. The van der Waals surface area contributed by atoms with Gasteiger partial charge >= 0.3 is 12.0 Å². The summed E-state index contributed by atoms with van der Waals surface area (Å²) in [6, 6.07) is -4.00. The molecule has 0 aromatic carbocycles. The van der Waals surface area contributed by atoms with Crippen LogP contribution in [0.4, 0.5) is 13.2 Å². The molecule has 1 amide bonds. The highest BCUT2D eigenvalue weighted by atomic mass is 19.3. The Morgan fingerprint density at radius 2 is 2.00 bits per heavy atom. The topological polar surface area (TPSA) is 62.4 Å². The summed E-state index contributed by atoms with van der Waals surface area (Å²) < 4.78 is 37.9. The number of carbonyl (C=O) groups excluding carboxylic acids is 1. The standard InChI is InChI=1S/C4H6F3N3O2/c1-2(11)8-4(7)3(5,6)9-12-10-4/h9-10H,1H3,(H,8,11). The molecule has 0 aromatic rings. The van der Waals surface area contributed by atoms with E-state index in [2.05, 4.69) is 4.94 Å². The molecule has 3 N–H and O–H groups in total. The molecular formula is C4H6F3N3O2. The Labute approximate surface area is 65.2 Å². The van der Waals surface area contributed by atoms with E-state index in [1.807, 2.05) is 0 Å². The van der Waals surface area contributed by atoms with Crippen molar-refractivity contribution in [3.8, 4) is 0 Å². The zero-order valence-corrected chi connectivity index (χ0v) is 5.95. The first kappa shape index (κ1) is 9.23. The lowest BCUT2D eigenvalue weighted by Gasteiger charge is -2.23. The van der Waals surface area contributed by atoms with Crippen molar-refractivity contribution in [2.75, 3.05) is 0 Å². The Kier molecular flexibility index (Phi) is 1.98. The van der Waals surface area contributed by atoms with E-state index < -0.39 is 17.9 Å². The molecule has 0 aromatic heterocycles. The minimum Gasteiger partial charge on any atom is -0.304 e. The van der Waals surface area contributed by atoms with E-state index in [0.29, 0.717) is 0 Å². The fourth-order valence-corrected chi connectivity index (χ4v) is 0.641. The van der Waals surface area contributed by atoms with E-state index in [4.69, 9.17) is 0 Å². The van der Waals surface area contributed by atoms with E-state index in [1.165, 1.54) is 10.8 Å². The maximum Gasteiger partial charge on any atom is 0.393 e. The number of rotatable bonds is 1. The zero-order valence-electron chi connectivity index (χ0n) is 5.95. The Morgan fingerprint density at radius 1 is 1.42 bits per heavy atom. The first-order valence-corrected chi connectivity index (χ1v) is 2.93. The van der Waals surface area contributed by atoms with Gasteiger partial charge < -0.3 is 5.32 Å². The van der Waals surface area contributed by atoms with Gasteiger partial charge in [0, 0.05) is 6.92 Å². The summed E-state index contributed by atoms with van der Waals surface area (Å²) in [6.45, 7) is 0.900. The molecule has 1 atom stereocenters. The second-order valence-electron chi connectivity index (χ2n) is 2.22. The van der Waals surface area contributed by atoms with Crippen LogP contribution in [0.5, 0.6) is 0 Å². The van der Waals surface area contributed by atoms with Crippen LogP contribution in [0.25, 0.3) is 0 Å². The molecule has 1 rings (SSSR count). The molecule has 0 spiro atoms. The molecule has 0 radical (unpaired) electrons. The predicted molar refractivity (Wildman–Crippen MR) is 30.0 cm³/mol. The molecular weight excluding hydrogens is 179 g/mol. The van der Waals surface area contributed by atoms with E-state index in [1.54, 1.807) is 0 Å². The van der Waals surface area contributed by atoms with Gasteiger partial charge in [0.25, 0.3) is 0 Å². The summed E-state index contributed by atoms with van der Waals surface area (Å²) in [7, 11) is 0. The maximum atomic E-state index is 13.0. The highest BCUT2D eigenvalue weighted by Gasteiger charge is 2.62. The summed E-state index contributed by atoms with van der Waals surface area (Å²) in [6.07, 6.45) is 0. The monoisotopic (exact) mass is 185 g/mol. The van der Waals surface area contributed by atoms with Crippen LogP contribution in [-0.2, 0) is 9.73 Å². The van der Waals surface area contributed by atoms with Gasteiger partial charge in [-0.15, -0.1) is 11.0 Å². The summed E-state index contributed by atoms with van der Waals surface area (Å²) in [5.74, 6) is -4.35. The van der Waals surface area contributed by atoms with Crippen LogP contribution < -0.4 is 16.3 Å². The number of amides is 1. The average Bonchev–Trinajstić information content (AvgIpc) is 2.05. The molecule has 5 nitrogen and oxygen atoms in total. The van der Waals surface area contributed by atoms with Gasteiger partial charge in [0.05, 0.1) is 0 Å². The van der Waals surface area contributed by atoms with Crippen molar-refractivity contribution in [2.45, 2.75) is 18.9 Å². The van der Waals surface area contributed by atoms with Crippen molar-refractivity contribution in [2.24, 2.45) is 0 Å². The lowest BCUT2D eigenvalue weighted by molar-refractivity contribution is -0.165. The molecule has 1 unspecified atom stereocenters. The number of alkyl halides is 3. The Bertz CT molecular complexity index is 212. The molecule has 70 valence electrons. The number of hydrogen-bond donors (Lipinski definition) is 3. The van der Waals surface area contributed by atoms with Gasteiger partial charge in [-0.2, -0.15) is 13.2 Å². The number of halogens is 3. The summed E-state index contributed by atoms with van der Waals surface area (Å²) in [5.41, 5.74) is 2.35. The average molecular weight is 185 g/mol. The van der Waals surface area contributed by atoms with Crippen LogP contribution in [0.2, 0.25) is 0 Å². The van der Waals surface area contributed by atoms with E-state index in [-0.39, 0.29) is 0 Å². The first-order valence-electron chi connectivity index (χ1n) is 2.93. The minimum absolute atomic E-state index is 0.900. The molecule has 8 heteroatoms. The van der Waals surface area contributed by atoms with Gasteiger partial charge in [0.1, 0.15) is 0 Å². The maximum absolute atomic E-state index is 13.0. The molecule has 0 aliphatic carbocycles.